The van der Waals surface area contributed by atoms with Gasteiger partial charge < -0.3 is 9.88 Å². The molecule has 8 heteroatoms. The van der Waals surface area contributed by atoms with Gasteiger partial charge in [-0.2, -0.15) is 0 Å². The molecule has 1 fully saturated rings. The van der Waals surface area contributed by atoms with Crippen molar-refractivity contribution in [2.75, 3.05) is 24.2 Å². The molecule has 0 spiro atoms. The number of nitrogens with zero attached hydrogens (tertiary/aromatic N) is 3. The molecule has 1 aliphatic heterocycles. The Hall–Kier alpha value is -2.35. The summed E-state index contributed by atoms with van der Waals surface area (Å²) in [4.78, 5) is 21.9. The molecule has 1 aliphatic rings. The van der Waals surface area contributed by atoms with Crippen LogP contribution in [0.25, 0.3) is 16.6 Å². The Bertz CT molecular complexity index is 1090. The second-order valence-corrected chi connectivity index (χ2v) is 8.25. The Morgan fingerprint density at radius 3 is 2.58 bits per heavy atom. The molecular formula is C16H18N4O3S. The molecule has 7 nitrogen and oxygen atoms in total. The van der Waals surface area contributed by atoms with Crippen LogP contribution in [0.3, 0.4) is 0 Å². The van der Waals surface area contributed by atoms with Crippen LogP contribution in [-0.2, 0) is 9.84 Å². The third-order valence-electron chi connectivity index (χ3n) is 4.50. The number of nitrogens with one attached hydrogen (secondary N) is 1. The summed E-state index contributed by atoms with van der Waals surface area (Å²) in [6.45, 7) is 1.78. The molecular weight excluding hydrogens is 328 g/mol. The Kier molecular flexibility index (Phi) is 3.38. The van der Waals surface area contributed by atoms with Crippen molar-refractivity contribution in [3.8, 4) is 0 Å². The topological polar surface area (TPSA) is 87.5 Å². The Labute approximate surface area is 138 Å². The molecule has 0 unspecified atom stereocenters. The summed E-state index contributed by atoms with van der Waals surface area (Å²) >= 11 is 0. The third-order valence-corrected chi connectivity index (χ3v) is 5.61. The van der Waals surface area contributed by atoms with E-state index in [2.05, 4.69) is 14.9 Å². The van der Waals surface area contributed by atoms with Crippen molar-refractivity contribution in [1.29, 1.82) is 0 Å². The van der Waals surface area contributed by atoms with Crippen molar-refractivity contribution in [3.63, 3.8) is 0 Å². The Balaban J connectivity index is 2.06. The monoisotopic (exact) mass is 346 g/mol. The minimum absolute atomic E-state index is 0.224. The highest BCUT2D eigenvalue weighted by molar-refractivity contribution is 7.90. The smallest absolute Gasteiger partial charge is 0.274 e. The van der Waals surface area contributed by atoms with E-state index in [4.69, 9.17) is 0 Å². The van der Waals surface area contributed by atoms with E-state index in [9.17, 15) is 13.2 Å². The number of fused-ring (bicyclic) bond motifs is 3. The molecule has 4 rings (SSSR count). The average Bonchev–Trinajstić information content (AvgIpc) is 3.00. The SMILES string of the molecule is CS(=O)(=O)c1ccc2[nH]c(=O)c3cnc(N4CCCCC4)n3c2c1. The lowest BCUT2D eigenvalue weighted by atomic mass is 10.1. The van der Waals surface area contributed by atoms with Gasteiger partial charge in [0, 0.05) is 19.3 Å². The zero-order valence-corrected chi connectivity index (χ0v) is 14.1. The number of sulfone groups is 1. The van der Waals surface area contributed by atoms with Crippen LogP contribution in [0.2, 0.25) is 0 Å². The number of benzene rings is 1. The fourth-order valence-electron chi connectivity index (χ4n) is 3.28. The number of imidazole rings is 1. The first-order chi connectivity index (χ1) is 11.4. The molecule has 0 aliphatic carbocycles. The minimum atomic E-state index is -3.33. The summed E-state index contributed by atoms with van der Waals surface area (Å²) in [5, 5.41) is 0. The molecule has 0 saturated carbocycles. The van der Waals surface area contributed by atoms with Crippen molar-refractivity contribution < 1.29 is 8.42 Å². The largest absolute Gasteiger partial charge is 0.342 e. The van der Waals surface area contributed by atoms with E-state index in [1.165, 1.54) is 18.7 Å². The van der Waals surface area contributed by atoms with Gasteiger partial charge >= 0.3 is 0 Å². The number of H-pyrrole nitrogens is 1. The van der Waals surface area contributed by atoms with Crippen LogP contribution in [-0.4, -0.2) is 42.1 Å². The molecule has 24 heavy (non-hydrogen) atoms. The van der Waals surface area contributed by atoms with E-state index in [0.29, 0.717) is 22.5 Å². The van der Waals surface area contributed by atoms with E-state index >= 15 is 0 Å². The second kappa shape index (κ2) is 5.34. The average molecular weight is 346 g/mol. The van der Waals surface area contributed by atoms with Gasteiger partial charge in [0.15, 0.2) is 9.84 Å². The molecule has 2 aromatic heterocycles. The van der Waals surface area contributed by atoms with Crippen molar-refractivity contribution in [2.45, 2.75) is 24.2 Å². The number of anilines is 1. The number of hydrogen-bond donors (Lipinski definition) is 1. The number of piperidine rings is 1. The molecule has 1 N–H and O–H groups in total. The zero-order valence-electron chi connectivity index (χ0n) is 13.3. The summed E-state index contributed by atoms with van der Waals surface area (Å²) in [6, 6.07) is 4.74. The Morgan fingerprint density at radius 2 is 1.88 bits per heavy atom. The van der Waals surface area contributed by atoms with Crippen LogP contribution in [0.5, 0.6) is 0 Å². The highest BCUT2D eigenvalue weighted by atomic mass is 32.2. The van der Waals surface area contributed by atoms with Gasteiger partial charge in [0.2, 0.25) is 5.95 Å². The molecule has 126 valence electrons. The van der Waals surface area contributed by atoms with Gasteiger partial charge in [-0.1, -0.05) is 0 Å². The molecule has 1 saturated heterocycles. The lowest BCUT2D eigenvalue weighted by Gasteiger charge is -2.27. The predicted molar refractivity (Wildman–Crippen MR) is 92.5 cm³/mol. The lowest BCUT2D eigenvalue weighted by molar-refractivity contribution is 0.568. The lowest BCUT2D eigenvalue weighted by Crippen LogP contribution is -2.31. The van der Waals surface area contributed by atoms with Gasteiger partial charge in [-0.3, -0.25) is 9.20 Å². The van der Waals surface area contributed by atoms with Crippen LogP contribution in [0.1, 0.15) is 19.3 Å². The molecule has 1 aromatic carbocycles. The third kappa shape index (κ3) is 2.37. The van der Waals surface area contributed by atoms with Gasteiger partial charge in [-0.15, -0.1) is 0 Å². The second-order valence-electron chi connectivity index (χ2n) is 6.23. The van der Waals surface area contributed by atoms with Gasteiger partial charge in [-0.25, -0.2) is 13.4 Å². The molecule has 3 heterocycles. The van der Waals surface area contributed by atoms with Gasteiger partial charge in [0.1, 0.15) is 5.52 Å². The van der Waals surface area contributed by atoms with Crippen LogP contribution < -0.4 is 10.5 Å². The van der Waals surface area contributed by atoms with Crippen molar-refractivity contribution >= 4 is 32.3 Å². The van der Waals surface area contributed by atoms with Crippen LogP contribution in [0.4, 0.5) is 5.95 Å². The zero-order chi connectivity index (χ0) is 16.9. The van der Waals surface area contributed by atoms with E-state index in [0.717, 1.165) is 25.9 Å². The maximum absolute atomic E-state index is 12.3. The van der Waals surface area contributed by atoms with Gasteiger partial charge in [0.05, 0.1) is 22.1 Å². The van der Waals surface area contributed by atoms with Crippen molar-refractivity contribution in [3.05, 3.63) is 34.7 Å². The quantitative estimate of drug-likeness (QED) is 0.761. The summed E-state index contributed by atoms with van der Waals surface area (Å²) in [6.07, 6.45) is 6.10. The highest BCUT2D eigenvalue weighted by Gasteiger charge is 2.19. The summed E-state index contributed by atoms with van der Waals surface area (Å²) in [5.74, 6) is 0.700. The molecule has 0 bridgehead atoms. The first-order valence-corrected chi connectivity index (χ1v) is 9.83. The Morgan fingerprint density at radius 1 is 1.12 bits per heavy atom. The highest BCUT2D eigenvalue weighted by Crippen LogP contribution is 2.24. The maximum atomic E-state index is 12.3. The predicted octanol–water partition coefficient (Wildman–Crippen LogP) is 1.57. The minimum Gasteiger partial charge on any atom is -0.342 e. The molecule has 0 atom stereocenters. The normalized spacial score (nSPS) is 16.1. The number of aromatic amines is 1. The van der Waals surface area contributed by atoms with Crippen LogP contribution in [0.15, 0.2) is 34.1 Å². The van der Waals surface area contributed by atoms with Gasteiger partial charge in [-0.05, 0) is 37.5 Å². The first-order valence-electron chi connectivity index (χ1n) is 7.94. The van der Waals surface area contributed by atoms with E-state index in [-0.39, 0.29) is 10.5 Å². The van der Waals surface area contributed by atoms with E-state index < -0.39 is 9.84 Å². The fraction of sp³-hybridized carbons (Fsp3) is 0.375. The number of rotatable bonds is 2. The van der Waals surface area contributed by atoms with E-state index in [1.54, 1.807) is 22.7 Å². The van der Waals surface area contributed by atoms with Crippen molar-refractivity contribution in [2.24, 2.45) is 0 Å². The van der Waals surface area contributed by atoms with Gasteiger partial charge in [0.25, 0.3) is 5.56 Å². The number of aromatic nitrogens is 3. The fourth-order valence-corrected chi connectivity index (χ4v) is 3.92. The summed E-state index contributed by atoms with van der Waals surface area (Å²) in [5.41, 5.74) is 1.43. The van der Waals surface area contributed by atoms with Crippen molar-refractivity contribution in [1.82, 2.24) is 14.4 Å². The maximum Gasteiger partial charge on any atom is 0.274 e. The first kappa shape index (κ1) is 15.2. The van der Waals surface area contributed by atoms with Crippen LogP contribution >= 0.6 is 0 Å². The standard InChI is InChI=1S/C16H18N4O3S/c1-24(22,23)11-5-6-12-13(9-11)20-14(15(21)18-12)10-17-16(20)19-7-3-2-4-8-19/h5-6,9-10H,2-4,7-8H2,1H3,(H,18,21). The number of hydrogen-bond acceptors (Lipinski definition) is 5. The van der Waals surface area contributed by atoms with E-state index in [1.807, 2.05) is 0 Å². The molecule has 0 radical (unpaired) electrons. The summed E-state index contributed by atoms with van der Waals surface area (Å²) in [7, 11) is -3.33. The molecule has 0 amide bonds. The molecule has 3 aromatic rings. The summed E-state index contributed by atoms with van der Waals surface area (Å²) < 4.78 is 25.6. The van der Waals surface area contributed by atoms with Crippen LogP contribution in [0, 0.1) is 0 Å².